The number of carbonyl (C=O) groups excluding carboxylic acids is 2. The number of H-pyrrole nitrogens is 1. The lowest BCUT2D eigenvalue weighted by atomic mass is 10.1. The number of aromatic nitrogens is 1. The van der Waals surface area contributed by atoms with Crippen LogP contribution in [0.2, 0.25) is 0 Å². The smallest absolute Gasteiger partial charge is 0.252 e. The second-order valence-corrected chi connectivity index (χ2v) is 4.75. The highest BCUT2D eigenvalue weighted by molar-refractivity contribution is 9.10. The van der Waals surface area contributed by atoms with Gasteiger partial charge in [-0.3, -0.25) is 9.59 Å². The number of nitrogens with two attached hydrogens (primary N) is 2. The number of nitrogens with one attached hydrogen (secondary N) is 1. The van der Waals surface area contributed by atoms with Crippen molar-refractivity contribution in [1.29, 1.82) is 0 Å². The van der Waals surface area contributed by atoms with Crippen LogP contribution in [0.15, 0.2) is 34.8 Å². The van der Waals surface area contributed by atoms with Crippen LogP contribution in [-0.4, -0.2) is 17.3 Å². The Hall–Kier alpha value is -2.12. The molecule has 0 aliphatic heterocycles. The quantitative estimate of drug-likeness (QED) is 0.342. The summed E-state index contributed by atoms with van der Waals surface area (Å²) in [6.07, 6.45) is 0.392. The van der Waals surface area contributed by atoms with Gasteiger partial charge in [-0.25, -0.2) is 10.9 Å². The van der Waals surface area contributed by atoms with Crippen molar-refractivity contribution in [3.63, 3.8) is 0 Å². The molecule has 0 unspecified atom stereocenters. The minimum Gasteiger partial charge on any atom is -0.365 e. The van der Waals surface area contributed by atoms with Crippen LogP contribution in [0.4, 0.5) is 5.82 Å². The third-order valence-electron chi connectivity index (χ3n) is 2.57. The van der Waals surface area contributed by atoms with Gasteiger partial charge >= 0.3 is 0 Å². The molecule has 0 saturated heterocycles. The van der Waals surface area contributed by atoms with Crippen LogP contribution in [-0.2, 0) is 4.79 Å². The molecule has 19 heavy (non-hydrogen) atoms. The number of hydrogen-bond acceptors (Lipinski definition) is 3. The van der Waals surface area contributed by atoms with Crippen LogP contribution >= 0.6 is 15.9 Å². The maximum Gasteiger partial charge on any atom is 0.252 e. The fourth-order valence-corrected chi connectivity index (χ4v) is 2.10. The number of anilines is 1. The van der Waals surface area contributed by atoms with E-state index in [0.717, 1.165) is 15.0 Å². The van der Waals surface area contributed by atoms with Crippen molar-refractivity contribution in [2.75, 3.05) is 5.01 Å². The lowest BCUT2D eigenvalue weighted by Crippen LogP contribution is -2.31. The highest BCUT2D eigenvalue weighted by Gasteiger charge is 2.17. The highest BCUT2D eigenvalue weighted by atomic mass is 79.9. The molecule has 2 amide bonds. The molecule has 0 aliphatic carbocycles. The van der Waals surface area contributed by atoms with Crippen LogP contribution in [0, 0.1) is 0 Å². The molecule has 1 heterocycles. The maximum absolute atomic E-state index is 11.3. The molecular weight excluding hydrogens is 312 g/mol. The second kappa shape index (κ2) is 5.25. The Labute approximate surface area is 117 Å². The first kappa shape index (κ1) is 13.3. The SMILES string of the molecule is NC(=O)c1cc(-c2cccc(Br)c2)[nH]c1N(N)C=O. The molecule has 5 N–H and O–H groups in total. The molecule has 0 atom stereocenters. The van der Waals surface area contributed by atoms with E-state index in [1.807, 2.05) is 24.3 Å². The number of halogens is 1. The average molecular weight is 323 g/mol. The topological polar surface area (TPSA) is 105 Å². The predicted octanol–water partition coefficient (Wildman–Crippen LogP) is 1.38. The van der Waals surface area contributed by atoms with Gasteiger partial charge in [-0.1, -0.05) is 28.1 Å². The fourth-order valence-electron chi connectivity index (χ4n) is 1.70. The molecule has 1 aromatic heterocycles. The lowest BCUT2D eigenvalue weighted by molar-refractivity contribution is -0.107. The summed E-state index contributed by atoms with van der Waals surface area (Å²) >= 11 is 3.36. The van der Waals surface area contributed by atoms with Crippen molar-refractivity contribution in [2.24, 2.45) is 11.6 Å². The molecule has 0 fully saturated rings. The van der Waals surface area contributed by atoms with Crippen molar-refractivity contribution in [3.05, 3.63) is 40.4 Å². The highest BCUT2D eigenvalue weighted by Crippen LogP contribution is 2.27. The molecule has 98 valence electrons. The molecule has 2 rings (SSSR count). The number of hydrazine groups is 1. The Balaban J connectivity index is 2.54. The number of aromatic amines is 1. The van der Waals surface area contributed by atoms with E-state index in [1.165, 1.54) is 0 Å². The van der Waals surface area contributed by atoms with Crippen LogP contribution in [0.1, 0.15) is 10.4 Å². The Morgan fingerprint density at radius 2 is 2.11 bits per heavy atom. The van der Waals surface area contributed by atoms with Gasteiger partial charge < -0.3 is 10.7 Å². The van der Waals surface area contributed by atoms with E-state index in [1.54, 1.807) is 6.07 Å². The summed E-state index contributed by atoms with van der Waals surface area (Å²) in [4.78, 5) is 25.0. The Morgan fingerprint density at radius 1 is 1.37 bits per heavy atom. The van der Waals surface area contributed by atoms with Gasteiger partial charge in [-0.15, -0.1) is 0 Å². The van der Waals surface area contributed by atoms with E-state index in [0.29, 0.717) is 12.1 Å². The minimum atomic E-state index is -0.662. The Morgan fingerprint density at radius 3 is 2.68 bits per heavy atom. The molecule has 1 aromatic carbocycles. The van der Waals surface area contributed by atoms with E-state index in [2.05, 4.69) is 20.9 Å². The molecule has 0 saturated carbocycles. The zero-order valence-electron chi connectivity index (χ0n) is 9.76. The third-order valence-corrected chi connectivity index (χ3v) is 3.06. The van der Waals surface area contributed by atoms with Gasteiger partial charge in [0.25, 0.3) is 5.91 Å². The van der Waals surface area contributed by atoms with Crippen LogP contribution in [0.3, 0.4) is 0 Å². The number of rotatable bonds is 4. The van der Waals surface area contributed by atoms with Crippen molar-refractivity contribution >= 4 is 34.1 Å². The summed E-state index contributed by atoms with van der Waals surface area (Å²) in [6.45, 7) is 0. The standard InChI is InChI=1S/C12H11BrN4O2/c13-8-3-1-2-7(4-8)10-5-9(11(14)19)12(16-10)17(15)6-18/h1-6,16H,15H2,(H2,14,19). The van der Waals surface area contributed by atoms with Gasteiger partial charge in [-0.05, 0) is 23.8 Å². The Kier molecular flexibility index (Phi) is 3.68. The number of hydrogen-bond donors (Lipinski definition) is 3. The number of amides is 2. The molecule has 0 radical (unpaired) electrons. The van der Waals surface area contributed by atoms with Crippen molar-refractivity contribution in [1.82, 2.24) is 4.98 Å². The van der Waals surface area contributed by atoms with Crippen molar-refractivity contribution in [2.45, 2.75) is 0 Å². The molecule has 0 aliphatic rings. The number of primary amides is 1. The summed E-state index contributed by atoms with van der Waals surface area (Å²) in [5, 5.41) is 0.779. The van der Waals surface area contributed by atoms with E-state index < -0.39 is 5.91 Å². The molecule has 2 aromatic rings. The van der Waals surface area contributed by atoms with E-state index in [4.69, 9.17) is 11.6 Å². The maximum atomic E-state index is 11.3. The molecule has 0 spiro atoms. The van der Waals surface area contributed by atoms with Crippen LogP contribution in [0.25, 0.3) is 11.3 Å². The number of carbonyl (C=O) groups is 2. The van der Waals surface area contributed by atoms with Gasteiger partial charge in [0.1, 0.15) is 5.82 Å². The van der Waals surface area contributed by atoms with Crippen molar-refractivity contribution in [3.8, 4) is 11.3 Å². The predicted molar refractivity (Wildman–Crippen MR) is 75.2 cm³/mol. The lowest BCUT2D eigenvalue weighted by Gasteiger charge is -2.08. The van der Waals surface area contributed by atoms with E-state index in [-0.39, 0.29) is 11.4 Å². The first-order chi connectivity index (χ1) is 9.02. The summed E-state index contributed by atoms with van der Waals surface area (Å²) in [6, 6.07) is 9.00. The van der Waals surface area contributed by atoms with E-state index in [9.17, 15) is 9.59 Å². The zero-order chi connectivity index (χ0) is 14.0. The third kappa shape index (κ3) is 2.67. The van der Waals surface area contributed by atoms with Crippen molar-refractivity contribution < 1.29 is 9.59 Å². The first-order valence-corrected chi connectivity index (χ1v) is 6.10. The summed E-state index contributed by atoms with van der Waals surface area (Å²) in [5.74, 6) is 4.97. The van der Waals surface area contributed by atoms with Gasteiger partial charge in [0.2, 0.25) is 6.41 Å². The summed E-state index contributed by atoms with van der Waals surface area (Å²) < 4.78 is 0.891. The fraction of sp³-hybridized carbons (Fsp3) is 0. The second-order valence-electron chi connectivity index (χ2n) is 3.83. The van der Waals surface area contributed by atoms with Gasteiger partial charge in [0.05, 0.1) is 5.56 Å². The first-order valence-electron chi connectivity index (χ1n) is 5.31. The molecular formula is C12H11BrN4O2. The summed E-state index contributed by atoms with van der Waals surface area (Å²) in [7, 11) is 0. The minimum absolute atomic E-state index is 0.157. The average Bonchev–Trinajstić information content (AvgIpc) is 2.83. The van der Waals surface area contributed by atoms with Gasteiger partial charge in [0.15, 0.2) is 0 Å². The van der Waals surface area contributed by atoms with Crippen LogP contribution in [0.5, 0.6) is 0 Å². The van der Waals surface area contributed by atoms with Gasteiger partial charge in [-0.2, -0.15) is 0 Å². The van der Waals surface area contributed by atoms with Crippen LogP contribution < -0.4 is 16.6 Å². The molecule has 6 nitrogen and oxygen atoms in total. The number of benzene rings is 1. The Bertz CT molecular complexity index is 638. The summed E-state index contributed by atoms with van der Waals surface area (Å²) in [5.41, 5.74) is 6.90. The normalized spacial score (nSPS) is 10.2. The zero-order valence-corrected chi connectivity index (χ0v) is 11.3. The molecule has 7 heteroatoms. The number of nitrogens with zero attached hydrogens (tertiary/aromatic N) is 1. The monoisotopic (exact) mass is 322 g/mol. The molecule has 0 bridgehead atoms. The largest absolute Gasteiger partial charge is 0.365 e. The van der Waals surface area contributed by atoms with E-state index >= 15 is 0 Å². The van der Waals surface area contributed by atoms with Gasteiger partial charge in [0, 0.05) is 10.2 Å².